The van der Waals surface area contributed by atoms with E-state index in [2.05, 4.69) is 16.0 Å². The van der Waals surface area contributed by atoms with Crippen LogP contribution in [-0.2, 0) is 35.1 Å². The number of carboxylic acids is 1. The summed E-state index contributed by atoms with van der Waals surface area (Å²) in [6.45, 7) is 6.54. The lowest BCUT2D eigenvalue weighted by molar-refractivity contribution is -0.146. The zero-order valence-corrected chi connectivity index (χ0v) is 22.3. The minimum absolute atomic E-state index is 0.104. The van der Waals surface area contributed by atoms with Crippen LogP contribution in [0.1, 0.15) is 39.2 Å². The number of hydrogen-bond donors (Lipinski definition) is 5. The van der Waals surface area contributed by atoms with Crippen molar-refractivity contribution in [3.8, 4) is 0 Å². The van der Waals surface area contributed by atoms with E-state index in [-0.39, 0.29) is 30.3 Å². The van der Waals surface area contributed by atoms with Crippen LogP contribution in [0.3, 0.4) is 0 Å². The Balaban J connectivity index is 0. The van der Waals surface area contributed by atoms with E-state index in [0.717, 1.165) is 25.5 Å². The van der Waals surface area contributed by atoms with Crippen molar-refractivity contribution in [1.29, 1.82) is 0 Å². The summed E-state index contributed by atoms with van der Waals surface area (Å²) in [4.78, 5) is 43.0. The van der Waals surface area contributed by atoms with Crippen molar-refractivity contribution >= 4 is 23.8 Å². The molecule has 0 unspecified atom stereocenters. The third-order valence-corrected chi connectivity index (χ3v) is 4.72. The van der Waals surface area contributed by atoms with Gasteiger partial charge in [-0.1, -0.05) is 44.2 Å². The molecule has 0 saturated carbocycles. The van der Waals surface area contributed by atoms with E-state index in [1.807, 2.05) is 44.2 Å². The highest BCUT2D eigenvalue weighted by Crippen LogP contribution is 2.11. The Kier molecular flexibility index (Phi) is 21.9. The van der Waals surface area contributed by atoms with E-state index in [1.54, 1.807) is 14.1 Å². The number of carbonyl (C=O) groups excluding carboxylic acids is 3. The van der Waals surface area contributed by atoms with Crippen molar-refractivity contribution in [3.05, 3.63) is 35.9 Å². The molecule has 11 heteroatoms. The highest BCUT2D eigenvalue weighted by Gasteiger charge is 2.22. The third-order valence-electron chi connectivity index (χ3n) is 4.72. The molecule has 1 fully saturated rings. The van der Waals surface area contributed by atoms with Gasteiger partial charge in [-0.15, -0.1) is 0 Å². The predicted molar refractivity (Wildman–Crippen MR) is 138 cm³/mol. The Bertz CT molecular complexity index is 737. The van der Waals surface area contributed by atoms with Gasteiger partial charge in [0, 0.05) is 34.0 Å². The largest absolute Gasteiger partial charge is 0.481 e. The number of aliphatic carboxylic acids is 1. The number of benzene rings is 1. The maximum Gasteiger partial charge on any atom is 0.323 e. The van der Waals surface area contributed by atoms with Crippen LogP contribution in [0.4, 0.5) is 0 Å². The van der Waals surface area contributed by atoms with E-state index < -0.39 is 18.1 Å². The molecule has 2 rings (SSSR count). The van der Waals surface area contributed by atoms with Gasteiger partial charge in [-0.3, -0.25) is 19.2 Å². The zero-order valence-electron chi connectivity index (χ0n) is 22.3. The summed E-state index contributed by atoms with van der Waals surface area (Å²) in [6.07, 6.45) is 1.73. The summed E-state index contributed by atoms with van der Waals surface area (Å²) in [5.41, 5.74) is 6.68. The number of rotatable bonds is 9. The van der Waals surface area contributed by atoms with E-state index in [0.29, 0.717) is 19.4 Å². The number of amides is 2. The van der Waals surface area contributed by atoms with Gasteiger partial charge in [-0.25, -0.2) is 0 Å². The normalized spacial score (nSPS) is 15.1. The molecule has 6 N–H and O–H groups in total. The fraction of sp³-hybridized carbons (Fsp3) is 0.600. The first kappa shape index (κ1) is 35.1. The summed E-state index contributed by atoms with van der Waals surface area (Å²) in [5, 5.41) is 15.4. The van der Waals surface area contributed by atoms with Crippen LogP contribution < -0.4 is 21.7 Å². The molecule has 11 nitrogen and oxygen atoms in total. The van der Waals surface area contributed by atoms with Gasteiger partial charge in [0.05, 0.1) is 25.2 Å². The fourth-order valence-electron chi connectivity index (χ4n) is 2.80. The average molecular weight is 513 g/mol. The first-order valence-corrected chi connectivity index (χ1v) is 12.0. The third kappa shape index (κ3) is 17.4. The fourth-order valence-corrected chi connectivity index (χ4v) is 2.80. The van der Waals surface area contributed by atoms with Crippen molar-refractivity contribution in [2.45, 2.75) is 52.1 Å². The molecule has 0 radical (unpaired) electrons. The quantitative estimate of drug-likeness (QED) is 0.299. The lowest BCUT2D eigenvalue weighted by Gasteiger charge is -2.16. The molecule has 2 amide bonds. The molecule has 1 aliphatic heterocycles. The molecule has 0 aromatic heterocycles. The van der Waals surface area contributed by atoms with Crippen molar-refractivity contribution in [3.63, 3.8) is 0 Å². The van der Waals surface area contributed by atoms with Gasteiger partial charge in [0.2, 0.25) is 11.8 Å². The first-order chi connectivity index (χ1) is 17.2. The summed E-state index contributed by atoms with van der Waals surface area (Å²) in [7, 11) is 4.89. The van der Waals surface area contributed by atoms with Gasteiger partial charge in [-0.2, -0.15) is 0 Å². The molecular formula is C25H44N4O7. The van der Waals surface area contributed by atoms with Gasteiger partial charge >= 0.3 is 5.97 Å². The standard InChI is InChI=1S/C15H23N3O3.C6H11NO2.C2H4O2.C2H6/c1-17-13(10-11-6-4-3-5-7-11)15(20)21-9-8-12(16)14(19)18-2;1-7-6(8)5-2-3-9-4-5;1-2(3)4;1-2/h3-7,12-13,17H,8-10,16H2,1-2H3,(H,18,19);5H,2-4H2,1H3,(H,7,8);1H3,(H,3,4);1-2H3/t12-,13-;5-;;/m01../s1. The second-order valence-corrected chi connectivity index (χ2v) is 7.40. The van der Waals surface area contributed by atoms with Crippen LogP contribution in [0.2, 0.25) is 0 Å². The van der Waals surface area contributed by atoms with Crippen LogP contribution in [-0.4, -0.2) is 81.9 Å². The Hall–Kier alpha value is -3.02. The number of esters is 1. The zero-order chi connectivity index (χ0) is 27.9. The van der Waals surface area contributed by atoms with Gasteiger partial charge in [0.1, 0.15) is 6.04 Å². The van der Waals surface area contributed by atoms with Crippen molar-refractivity contribution < 1.29 is 33.8 Å². The second kappa shape index (κ2) is 22.4. The van der Waals surface area contributed by atoms with Gasteiger partial charge in [-0.05, 0) is 25.5 Å². The number of hydrogen-bond acceptors (Lipinski definition) is 8. The van der Waals surface area contributed by atoms with Crippen LogP contribution >= 0.6 is 0 Å². The maximum absolute atomic E-state index is 12.0. The average Bonchev–Trinajstić information content (AvgIpc) is 3.43. The summed E-state index contributed by atoms with van der Waals surface area (Å²) in [5.74, 6) is -1.23. The molecule has 0 spiro atoms. The van der Waals surface area contributed by atoms with Crippen LogP contribution in [0.5, 0.6) is 0 Å². The molecular weight excluding hydrogens is 468 g/mol. The molecule has 36 heavy (non-hydrogen) atoms. The van der Waals surface area contributed by atoms with Crippen LogP contribution in [0.25, 0.3) is 0 Å². The summed E-state index contributed by atoms with van der Waals surface area (Å²) in [6, 6.07) is 8.62. The molecule has 1 heterocycles. The molecule has 1 aromatic carbocycles. The van der Waals surface area contributed by atoms with Crippen LogP contribution in [0.15, 0.2) is 30.3 Å². The Morgan fingerprint density at radius 1 is 1.11 bits per heavy atom. The van der Waals surface area contributed by atoms with E-state index >= 15 is 0 Å². The summed E-state index contributed by atoms with van der Waals surface area (Å²) >= 11 is 0. The first-order valence-electron chi connectivity index (χ1n) is 12.0. The smallest absolute Gasteiger partial charge is 0.323 e. The number of nitrogens with two attached hydrogens (primary N) is 1. The Morgan fingerprint density at radius 2 is 1.69 bits per heavy atom. The lowest BCUT2D eigenvalue weighted by Crippen LogP contribution is -2.41. The van der Waals surface area contributed by atoms with Crippen molar-refractivity contribution in [2.24, 2.45) is 11.7 Å². The topological polar surface area (TPSA) is 169 Å². The van der Waals surface area contributed by atoms with E-state index in [9.17, 15) is 14.4 Å². The number of carboxylic acid groups (broad SMARTS) is 1. The van der Waals surface area contributed by atoms with Gasteiger partial charge in [0.25, 0.3) is 5.97 Å². The van der Waals surface area contributed by atoms with E-state index in [4.69, 9.17) is 25.1 Å². The maximum atomic E-state index is 12.0. The Morgan fingerprint density at radius 3 is 2.14 bits per heavy atom. The van der Waals surface area contributed by atoms with E-state index in [1.165, 1.54) is 7.05 Å². The highest BCUT2D eigenvalue weighted by atomic mass is 16.5. The number of likely N-dealkylation sites (N-methyl/N-ethyl adjacent to an activating group) is 2. The number of ether oxygens (including phenoxy) is 2. The minimum atomic E-state index is -0.833. The van der Waals surface area contributed by atoms with Gasteiger partial charge in [0.15, 0.2) is 0 Å². The van der Waals surface area contributed by atoms with Crippen molar-refractivity contribution in [2.75, 3.05) is 41.0 Å². The molecule has 0 bridgehead atoms. The molecule has 0 aliphatic carbocycles. The minimum Gasteiger partial charge on any atom is -0.481 e. The second-order valence-electron chi connectivity index (χ2n) is 7.40. The molecule has 1 saturated heterocycles. The molecule has 1 aromatic rings. The molecule has 206 valence electrons. The summed E-state index contributed by atoms with van der Waals surface area (Å²) < 4.78 is 10.2. The predicted octanol–water partition coefficient (Wildman–Crippen LogP) is 0.710. The lowest BCUT2D eigenvalue weighted by atomic mass is 10.1. The number of nitrogens with one attached hydrogen (secondary N) is 3. The van der Waals surface area contributed by atoms with Crippen LogP contribution in [0, 0.1) is 5.92 Å². The van der Waals surface area contributed by atoms with Crippen molar-refractivity contribution in [1.82, 2.24) is 16.0 Å². The highest BCUT2D eigenvalue weighted by molar-refractivity contribution is 5.81. The monoisotopic (exact) mass is 512 g/mol. The Labute approximate surface area is 214 Å². The molecule has 3 atom stereocenters. The van der Waals surface area contributed by atoms with Gasteiger partial charge < -0.3 is 36.3 Å². The number of carbonyl (C=O) groups is 4. The molecule has 1 aliphatic rings. The SMILES string of the molecule is CC.CC(=O)O.CNC(=O)[C@@H](N)CCOC(=O)[C@H](Cc1ccccc1)NC.CNC(=O)[C@@H]1CCOC1.